The van der Waals surface area contributed by atoms with Crippen molar-refractivity contribution in [3.8, 4) is 0 Å². The fraction of sp³-hybridized carbons (Fsp3) is 0.333. The van der Waals surface area contributed by atoms with E-state index in [1.807, 2.05) is 0 Å². The Kier molecular flexibility index (Phi) is 2.14. The van der Waals surface area contributed by atoms with Crippen molar-refractivity contribution < 1.29 is 0 Å². The van der Waals surface area contributed by atoms with Crippen molar-refractivity contribution in [1.29, 1.82) is 0 Å². The van der Waals surface area contributed by atoms with Crippen LogP contribution in [0.15, 0.2) is 54.6 Å². The Morgan fingerprint density at radius 1 is 0.833 bits per heavy atom. The second kappa shape index (κ2) is 3.71. The van der Waals surface area contributed by atoms with Gasteiger partial charge in [0.05, 0.1) is 0 Å². The van der Waals surface area contributed by atoms with Crippen LogP contribution in [0.4, 0.5) is 0 Å². The molecule has 2 aliphatic rings. The molecule has 1 unspecified atom stereocenters. The molecule has 1 fully saturated rings. The predicted molar refractivity (Wildman–Crippen MR) is 74.9 cm³/mol. The minimum Gasteiger partial charge on any atom is -0.0622 e. The van der Waals surface area contributed by atoms with Crippen LogP contribution in [0.25, 0.3) is 0 Å². The molecule has 1 spiro atoms. The van der Waals surface area contributed by atoms with Gasteiger partial charge in [0.2, 0.25) is 0 Å². The SMILES string of the molecule is c1ccc(C2CC3(CCC3)c3ccccc32)cc1. The van der Waals surface area contributed by atoms with Crippen LogP contribution in [-0.4, -0.2) is 0 Å². The molecular weight excluding hydrogens is 216 g/mol. The van der Waals surface area contributed by atoms with E-state index in [1.165, 1.54) is 31.2 Å². The van der Waals surface area contributed by atoms with Crippen molar-refractivity contribution in [1.82, 2.24) is 0 Å². The molecule has 2 aromatic rings. The molecule has 4 rings (SSSR count). The number of benzene rings is 2. The summed E-state index contributed by atoms with van der Waals surface area (Å²) >= 11 is 0. The lowest BCUT2D eigenvalue weighted by Gasteiger charge is -2.39. The maximum atomic E-state index is 2.37. The zero-order chi connectivity index (χ0) is 12.0. The highest BCUT2D eigenvalue weighted by Gasteiger charge is 2.47. The second-order valence-electron chi connectivity index (χ2n) is 5.89. The molecule has 0 nitrogen and oxygen atoms in total. The number of rotatable bonds is 1. The lowest BCUT2D eigenvalue weighted by molar-refractivity contribution is 0.237. The predicted octanol–water partition coefficient (Wildman–Crippen LogP) is 4.64. The molecule has 0 amide bonds. The summed E-state index contributed by atoms with van der Waals surface area (Å²) in [6.07, 6.45) is 5.53. The summed E-state index contributed by atoms with van der Waals surface area (Å²) in [5, 5.41) is 0. The summed E-state index contributed by atoms with van der Waals surface area (Å²) in [5.41, 5.74) is 5.25. The standard InChI is InChI=1S/C18H18/c1-2-7-14(8-3-1)16-13-18(11-6-12-18)17-10-5-4-9-15(16)17/h1-5,7-10,16H,6,11-13H2. The lowest BCUT2D eigenvalue weighted by atomic mass is 9.65. The van der Waals surface area contributed by atoms with E-state index in [9.17, 15) is 0 Å². The van der Waals surface area contributed by atoms with Gasteiger partial charge in [-0.1, -0.05) is 61.0 Å². The first kappa shape index (κ1) is 10.4. The summed E-state index contributed by atoms with van der Waals surface area (Å²) in [6, 6.07) is 20.2. The van der Waals surface area contributed by atoms with E-state index in [0.29, 0.717) is 11.3 Å². The smallest absolute Gasteiger partial charge is 0.0101 e. The number of fused-ring (bicyclic) bond motifs is 2. The Morgan fingerprint density at radius 3 is 2.28 bits per heavy atom. The van der Waals surface area contributed by atoms with Gasteiger partial charge in [-0.25, -0.2) is 0 Å². The molecule has 0 aromatic heterocycles. The van der Waals surface area contributed by atoms with Crippen LogP contribution in [0.1, 0.15) is 48.3 Å². The van der Waals surface area contributed by atoms with Gasteiger partial charge in [-0.2, -0.15) is 0 Å². The number of hydrogen-bond donors (Lipinski definition) is 0. The molecule has 0 heteroatoms. The largest absolute Gasteiger partial charge is 0.0622 e. The molecule has 0 aliphatic heterocycles. The highest BCUT2D eigenvalue weighted by atomic mass is 14.5. The molecule has 0 radical (unpaired) electrons. The third-order valence-electron chi connectivity index (χ3n) is 5.02. The summed E-state index contributed by atoms with van der Waals surface area (Å²) in [4.78, 5) is 0. The molecule has 0 heterocycles. The molecule has 18 heavy (non-hydrogen) atoms. The zero-order valence-corrected chi connectivity index (χ0v) is 10.6. The average Bonchev–Trinajstić information content (AvgIpc) is 2.75. The minimum absolute atomic E-state index is 0.525. The molecule has 90 valence electrons. The molecule has 0 saturated heterocycles. The Labute approximate surface area is 109 Å². The van der Waals surface area contributed by atoms with Crippen molar-refractivity contribution in [3.63, 3.8) is 0 Å². The summed E-state index contributed by atoms with van der Waals surface area (Å²) in [6.45, 7) is 0. The Bertz CT molecular complexity index is 564. The first-order chi connectivity index (χ1) is 8.89. The third kappa shape index (κ3) is 1.32. The summed E-state index contributed by atoms with van der Waals surface area (Å²) in [7, 11) is 0. The molecule has 0 N–H and O–H groups in total. The van der Waals surface area contributed by atoms with Gasteiger partial charge in [0.1, 0.15) is 0 Å². The monoisotopic (exact) mass is 234 g/mol. The normalized spacial score (nSPS) is 23.7. The maximum absolute atomic E-state index is 2.37. The van der Waals surface area contributed by atoms with Gasteiger partial charge in [0.15, 0.2) is 0 Å². The highest BCUT2D eigenvalue weighted by molar-refractivity contribution is 5.48. The van der Waals surface area contributed by atoms with Crippen LogP contribution < -0.4 is 0 Å². The van der Waals surface area contributed by atoms with Crippen molar-refractivity contribution in [2.45, 2.75) is 37.0 Å². The Morgan fingerprint density at radius 2 is 1.56 bits per heavy atom. The first-order valence-corrected chi connectivity index (χ1v) is 7.03. The quantitative estimate of drug-likeness (QED) is 0.674. The van der Waals surface area contributed by atoms with Gasteiger partial charge < -0.3 is 0 Å². The van der Waals surface area contributed by atoms with Gasteiger partial charge in [0.25, 0.3) is 0 Å². The van der Waals surface area contributed by atoms with E-state index in [-0.39, 0.29) is 0 Å². The molecule has 1 saturated carbocycles. The third-order valence-corrected chi connectivity index (χ3v) is 5.02. The van der Waals surface area contributed by atoms with E-state index < -0.39 is 0 Å². The molecule has 2 aliphatic carbocycles. The van der Waals surface area contributed by atoms with Crippen molar-refractivity contribution in [2.75, 3.05) is 0 Å². The van der Waals surface area contributed by atoms with Crippen molar-refractivity contribution in [3.05, 3.63) is 71.3 Å². The van der Waals surface area contributed by atoms with Gasteiger partial charge in [-0.15, -0.1) is 0 Å². The van der Waals surface area contributed by atoms with Crippen molar-refractivity contribution >= 4 is 0 Å². The van der Waals surface area contributed by atoms with E-state index in [0.717, 1.165) is 0 Å². The van der Waals surface area contributed by atoms with Crippen LogP contribution in [0.3, 0.4) is 0 Å². The van der Waals surface area contributed by atoms with Crippen molar-refractivity contribution in [2.24, 2.45) is 0 Å². The van der Waals surface area contributed by atoms with Crippen LogP contribution in [0, 0.1) is 0 Å². The first-order valence-electron chi connectivity index (χ1n) is 7.03. The topological polar surface area (TPSA) is 0 Å². The molecular formula is C18H18. The van der Waals surface area contributed by atoms with E-state index in [2.05, 4.69) is 54.6 Å². The van der Waals surface area contributed by atoms with E-state index in [1.54, 1.807) is 11.1 Å². The molecule has 0 bridgehead atoms. The van der Waals surface area contributed by atoms with Crippen LogP contribution in [0.5, 0.6) is 0 Å². The molecule has 2 aromatic carbocycles. The van der Waals surface area contributed by atoms with E-state index in [4.69, 9.17) is 0 Å². The zero-order valence-electron chi connectivity index (χ0n) is 10.6. The maximum Gasteiger partial charge on any atom is 0.0101 e. The summed E-state index contributed by atoms with van der Waals surface area (Å²) in [5.74, 6) is 0.627. The Hall–Kier alpha value is -1.56. The van der Waals surface area contributed by atoms with Crippen LogP contribution >= 0.6 is 0 Å². The van der Waals surface area contributed by atoms with Gasteiger partial charge in [0, 0.05) is 5.92 Å². The minimum atomic E-state index is 0.525. The Balaban J connectivity index is 1.84. The second-order valence-corrected chi connectivity index (χ2v) is 5.89. The fourth-order valence-electron chi connectivity index (χ4n) is 3.95. The fourth-order valence-corrected chi connectivity index (χ4v) is 3.95. The lowest BCUT2D eigenvalue weighted by Crippen LogP contribution is -2.31. The highest BCUT2D eigenvalue weighted by Crippen LogP contribution is 2.58. The molecule has 1 atom stereocenters. The average molecular weight is 234 g/mol. The van der Waals surface area contributed by atoms with Gasteiger partial charge >= 0.3 is 0 Å². The van der Waals surface area contributed by atoms with Gasteiger partial charge in [-0.05, 0) is 41.4 Å². The van der Waals surface area contributed by atoms with Crippen LogP contribution in [0.2, 0.25) is 0 Å². The summed E-state index contributed by atoms with van der Waals surface area (Å²) < 4.78 is 0. The number of hydrogen-bond acceptors (Lipinski definition) is 0. The van der Waals surface area contributed by atoms with E-state index >= 15 is 0 Å². The van der Waals surface area contributed by atoms with Gasteiger partial charge in [-0.3, -0.25) is 0 Å². The van der Waals surface area contributed by atoms with Crippen LogP contribution in [-0.2, 0) is 5.41 Å².